The number of ether oxygens (including phenoxy) is 1. The van der Waals surface area contributed by atoms with E-state index >= 15 is 0 Å². The van der Waals surface area contributed by atoms with Crippen LogP contribution in [-0.2, 0) is 16.8 Å². The number of fused-ring (bicyclic) bond motifs is 2. The number of nitrogens with zero attached hydrogens (tertiary/aromatic N) is 2. The maximum absolute atomic E-state index is 12.6. The number of aromatic nitrogens is 2. The molecular weight excluding hydrogens is 322 g/mol. The van der Waals surface area contributed by atoms with Crippen molar-refractivity contribution in [1.29, 1.82) is 0 Å². The Hall–Kier alpha value is -1.95. The fourth-order valence-corrected chi connectivity index (χ4v) is 4.35. The summed E-state index contributed by atoms with van der Waals surface area (Å²) in [5.41, 5.74) is 1.16. The molecule has 1 aromatic heterocycles. The second-order valence-electron chi connectivity index (χ2n) is 6.91. The second-order valence-corrected chi connectivity index (χ2v) is 8.01. The van der Waals surface area contributed by atoms with E-state index < -0.39 is 0 Å². The Kier molecular flexibility index (Phi) is 3.79. The SMILES string of the molecule is CC(C)c1nnc(CNC(=O)[C@@H]2C[C@@]23CCOc2ccccc23)s1. The van der Waals surface area contributed by atoms with Crippen molar-refractivity contribution in [3.8, 4) is 5.75 Å². The number of nitrogens with one attached hydrogen (secondary N) is 1. The first-order valence-electron chi connectivity index (χ1n) is 8.42. The van der Waals surface area contributed by atoms with Crippen LogP contribution in [0.25, 0.3) is 0 Å². The second kappa shape index (κ2) is 5.84. The molecule has 1 spiro atoms. The number of hydrogen-bond donors (Lipinski definition) is 1. The summed E-state index contributed by atoms with van der Waals surface area (Å²) < 4.78 is 5.73. The molecule has 4 rings (SSSR count). The summed E-state index contributed by atoms with van der Waals surface area (Å²) in [7, 11) is 0. The van der Waals surface area contributed by atoms with Crippen LogP contribution in [0.1, 0.15) is 48.2 Å². The summed E-state index contributed by atoms with van der Waals surface area (Å²) in [6.07, 6.45) is 1.82. The normalized spacial score (nSPS) is 24.5. The first-order chi connectivity index (χ1) is 11.6. The van der Waals surface area contributed by atoms with Crippen molar-refractivity contribution in [1.82, 2.24) is 15.5 Å². The molecule has 1 fully saturated rings. The van der Waals surface area contributed by atoms with E-state index in [1.165, 1.54) is 5.56 Å². The van der Waals surface area contributed by atoms with Gasteiger partial charge < -0.3 is 10.1 Å². The summed E-state index contributed by atoms with van der Waals surface area (Å²) in [6, 6.07) is 8.11. The van der Waals surface area contributed by atoms with Gasteiger partial charge in [-0.15, -0.1) is 10.2 Å². The van der Waals surface area contributed by atoms with Crippen molar-refractivity contribution >= 4 is 17.2 Å². The third-order valence-corrected chi connectivity index (χ3v) is 6.24. The molecule has 2 aliphatic rings. The van der Waals surface area contributed by atoms with Crippen molar-refractivity contribution in [2.75, 3.05) is 6.61 Å². The monoisotopic (exact) mass is 343 g/mol. The largest absolute Gasteiger partial charge is 0.493 e. The van der Waals surface area contributed by atoms with Gasteiger partial charge in [0.15, 0.2) is 0 Å². The topological polar surface area (TPSA) is 64.1 Å². The van der Waals surface area contributed by atoms with Crippen molar-refractivity contribution in [2.24, 2.45) is 5.92 Å². The molecule has 1 amide bonds. The molecule has 1 aliphatic carbocycles. The van der Waals surface area contributed by atoms with Crippen LogP contribution in [0.5, 0.6) is 5.75 Å². The Labute approximate surface area is 145 Å². The molecule has 5 nitrogen and oxygen atoms in total. The van der Waals surface area contributed by atoms with E-state index in [0.717, 1.165) is 28.6 Å². The van der Waals surface area contributed by atoms with Gasteiger partial charge in [0.25, 0.3) is 0 Å². The summed E-state index contributed by atoms with van der Waals surface area (Å²) in [4.78, 5) is 12.6. The molecule has 0 unspecified atom stereocenters. The third-order valence-electron chi connectivity index (χ3n) is 5.01. The molecule has 2 atom stereocenters. The molecule has 6 heteroatoms. The predicted octanol–water partition coefficient (Wildman–Crippen LogP) is 3.02. The first-order valence-corrected chi connectivity index (χ1v) is 9.24. The highest BCUT2D eigenvalue weighted by Crippen LogP contribution is 2.60. The van der Waals surface area contributed by atoms with Gasteiger partial charge in [0.1, 0.15) is 15.8 Å². The quantitative estimate of drug-likeness (QED) is 0.927. The number of carbonyl (C=O) groups is 1. The minimum absolute atomic E-state index is 0.0247. The number of hydrogen-bond acceptors (Lipinski definition) is 5. The van der Waals surface area contributed by atoms with Gasteiger partial charge in [-0.25, -0.2) is 0 Å². The highest BCUT2D eigenvalue weighted by Gasteiger charge is 2.60. The molecule has 0 radical (unpaired) electrons. The van der Waals surface area contributed by atoms with E-state index in [-0.39, 0.29) is 17.2 Å². The van der Waals surface area contributed by atoms with Gasteiger partial charge in [-0.3, -0.25) is 4.79 Å². The molecule has 1 saturated carbocycles. The lowest BCUT2D eigenvalue weighted by Gasteiger charge is -2.26. The zero-order valence-corrected chi connectivity index (χ0v) is 14.7. The minimum Gasteiger partial charge on any atom is -0.493 e. The molecule has 2 heterocycles. The number of carbonyl (C=O) groups excluding carboxylic acids is 1. The van der Waals surface area contributed by atoms with Gasteiger partial charge in [0.05, 0.1) is 13.2 Å². The molecule has 126 valence electrons. The Morgan fingerprint density at radius 3 is 3.04 bits per heavy atom. The van der Waals surface area contributed by atoms with Crippen molar-refractivity contribution < 1.29 is 9.53 Å². The lowest BCUT2D eigenvalue weighted by atomic mass is 9.87. The van der Waals surface area contributed by atoms with Crippen LogP contribution in [0.15, 0.2) is 24.3 Å². The van der Waals surface area contributed by atoms with E-state index in [1.54, 1.807) is 11.3 Å². The maximum atomic E-state index is 12.6. The average molecular weight is 343 g/mol. The summed E-state index contributed by atoms with van der Waals surface area (Å²) in [5, 5.41) is 13.3. The molecule has 0 bridgehead atoms. The van der Waals surface area contributed by atoms with E-state index in [1.807, 2.05) is 18.2 Å². The number of para-hydroxylation sites is 1. The van der Waals surface area contributed by atoms with Crippen molar-refractivity contribution in [2.45, 2.75) is 44.6 Å². The predicted molar refractivity (Wildman–Crippen MR) is 92.2 cm³/mol. The van der Waals surface area contributed by atoms with Gasteiger partial charge in [-0.2, -0.15) is 0 Å². The molecule has 1 aliphatic heterocycles. The summed E-state index contributed by atoms with van der Waals surface area (Å²) >= 11 is 1.57. The summed E-state index contributed by atoms with van der Waals surface area (Å²) in [5.74, 6) is 1.47. The van der Waals surface area contributed by atoms with E-state index in [0.29, 0.717) is 19.1 Å². The summed E-state index contributed by atoms with van der Waals surface area (Å²) in [6.45, 7) is 5.35. The molecular formula is C18H21N3O2S. The zero-order valence-electron chi connectivity index (χ0n) is 13.9. The van der Waals surface area contributed by atoms with Crippen LogP contribution >= 0.6 is 11.3 Å². The fourth-order valence-electron chi connectivity index (χ4n) is 3.56. The number of benzene rings is 1. The van der Waals surface area contributed by atoms with Gasteiger partial charge in [0.2, 0.25) is 5.91 Å². The van der Waals surface area contributed by atoms with Crippen LogP contribution < -0.4 is 10.1 Å². The Morgan fingerprint density at radius 2 is 2.25 bits per heavy atom. The van der Waals surface area contributed by atoms with Crippen LogP contribution in [0, 0.1) is 5.92 Å². The van der Waals surface area contributed by atoms with Crippen LogP contribution in [0.3, 0.4) is 0 Å². The van der Waals surface area contributed by atoms with Crippen molar-refractivity contribution in [3.63, 3.8) is 0 Å². The smallest absolute Gasteiger partial charge is 0.224 e. The third kappa shape index (κ3) is 2.59. The average Bonchev–Trinajstić information content (AvgIpc) is 3.09. The minimum atomic E-state index is -0.0247. The first kappa shape index (κ1) is 15.6. The molecule has 2 aromatic rings. The maximum Gasteiger partial charge on any atom is 0.224 e. The molecule has 24 heavy (non-hydrogen) atoms. The van der Waals surface area contributed by atoms with E-state index in [4.69, 9.17) is 4.74 Å². The van der Waals surface area contributed by atoms with Crippen molar-refractivity contribution in [3.05, 3.63) is 39.8 Å². The van der Waals surface area contributed by atoms with Crippen LogP contribution in [0.4, 0.5) is 0 Å². The standard InChI is InChI=1S/C18H21N3O2S/c1-11(2)17-21-20-15(24-17)10-19-16(22)13-9-18(13)7-8-23-14-6-4-3-5-12(14)18/h3-6,11,13H,7-10H2,1-2H3,(H,19,22)/t13-,18+/m0/s1. The van der Waals surface area contributed by atoms with Gasteiger partial charge in [-0.05, 0) is 18.9 Å². The number of rotatable bonds is 4. The highest BCUT2D eigenvalue weighted by atomic mass is 32.1. The van der Waals surface area contributed by atoms with E-state index in [9.17, 15) is 4.79 Å². The number of amides is 1. The van der Waals surface area contributed by atoms with Crippen LogP contribution in [0.2, 0.25) is 0 Å². The highest BCUT2D eigenvalue weighted by molar-refractivity contribution is 7.11. The van der Waals surface area contributed by atoms with Crippen LogP contribution in [-0.4, -0.2) is 22.7 Å². The Bertz CT molecular complexity index is 773. The molecule has 0 saturated heterocycles. The lowest BCUT2D eigenvalue weighted by molar-refractivity contribution is -0.123. The molecule has 1 aromatic carbocycles. The van der Waals surface area contributed by atoms with Gasteiger partial charge in [-0.1, -0.05) is 43.4 Å². The van der Waals surface area contributed by atoms with E-state index in [2.05, 4.69) is 35.4 Å². The van der Waals surface area contributed by atoms with Gasteiger partial charge in [0, 0.05) is 22.8 Å². The lowest BCUT2D eigenvalue weighted by Crippen LogP contribution is -2.30. The van der Waals surface area contributed by atoms with Gasteiger partial charge >= 0.3 is 0 Å². The fraction of sp³-hybridized carbons (Fsp3) is 0.500. The Morgan fingerprint density at radius 1 is 1.42 bits per heavy atom. The zero-order chi connectivity index (χ0) is 16.7. The Balaban J connectivity index is 1.42. The molecule has 1 N–H and O–H groups in total.